The quantitative estimate of drug-likeness (QED) is 0.369. The molecular formula is C26H29F3N4O. The molecule has 5 nitrogen and oxygen atoms in total. The van der Waals surface area contributed by atoms with Crippen molar-refractivity contribution in [3.8, 4) is 5.75 Å². The van der Waals surface area contributed by atoms with Crippen LogP contribution in [0.1, 0.15) is 63.0 Å². The average Bonchev–Trinajstić information content (AvgIpc) is 2.81. The number of hydrogen-bond donors (Lipinski definition) is 2. The van der Waals surface area contributed by atoms with Crippen molar-refractivity contribution in [1.82, 2.24) is 9.97 Å². The van der Waals surface area contributed by atoms with Crippen molar-refractivity contribution in [2.24, 2.45) is 0 Å². The highest BCUT2D eigenvalue weighted by Gasteiger charge is 2.35. The van der Waals surface area contributed by atoms with Gasteiger partial charge >= 0.3 is 6.18 Å². The summed E-state index contributed by atoms with van der Waals surface area (Å²) in [5.74, 6) is 0.852. The summed E-state index contributed by atoms with van der Waals surface area (Å²) in [5.41, 5.74) is 1.40. The molecule has 1 heterocycles. The van der Waals surface area contributed by atoms with Gasteiger partial charge in [0.25, 0.3) is 0 Å². The molecule has 2 N–H and O–H groups in total. The van der Waals surface area contributed by atoms with Crippen molar-refractivity contribution >= 4 is 23.1 Å². The first-order valence-corrected chi connectivity index (χ1v) is 11.6. The molecule has 1 fully saturated rings. The highest BCUT2D eigenvalue weighted by Crippen LogP contribution is 2.36. The van der Waals surface area contributed by atoms with E-state index in [2.05, 4.69) is 34.4 Å². The summed E-state index contributed by atoms with van der Waals surface area (Å²) in [7, 11) is 0. The summed E-state index contributed by atoms with van der Waals surface area (Å²) in [5, 5.41) is 5.77. The van der Waals surface area contributed by atoms with Crippen molar-refractivity contribution in [2.45, 2.75) is 64.1 Å². The van der Waals surface area contributed by atoms with Gasteiger partial charge in [0, 0.05) is 17.6 Å². The monoisotopic (exact) mass is 470 g/mol. The molecule has 0 atom stereocenters. The Morgan fingerprint density at radius 1 is 0.882 bits per heavy atom. The molecule has 0 saturated heterocycles. The number of nitrogens with zero attached hydrogens (tertiary/aromatic N) is 2. The van der Waals surface area contributed by atoms with Crippen LogP contribution in [0.2, 0.25) is 0 Å². The van der Waals surface area contributed by atoms with E-state index in [9.17, 15) is 13.2 Å². The first kappa shape index (κ1) is 23.9. The SMILES string of the molecule is CC(C)c1ccc(Nc2ncc(C(F)(F)F)c(Nc3ccc(OC4CCCCC4)cc3)n2)cc1. The molecule has 3 aromatic rings. The molecule has 2 aromatic carbocycles. The minimum Gasteiger partial charge on any atom is -0.490 e. The maximum atomic E-state index is 13.6. The fraction of sp³-hybridized carbons (Fsp3) is 0.385. The Balaban J connectivity index is 1.51. The van der Waals surface area contributed by atoms with Crippen molar-refractivity contribution < 1.29 is 17.9 Å². The van der Waals surface area contributed by atoms with Gasteiger partial charge in [0.05, 0.1) is 6.10 Å². The molecule has 0 radical (unpaired) electrons. The zero-order chi connectivity index (χ0) is 24.1. The van der Waals surface area contributed by atoms with Gasteiger partial charge in [-0.1, -0.05) is 32.4 Å². The van der Waals surface area contributed by atoms with E-state index in [-0.39, 0.29) is 17.9 Å². The van der Waals surface area contributed by atoms with Crippen molar-refractivity contribution in [3.63, 3.8) is 0 Å². The lowest BCUT2D eigenvalue weighted by atomic mass is 9.98. The third-order valence-electron chi connectivity index (χ3n) is 5.90. The minimum atomic E-state index is -4.59. The van der Waals surface area contributed by atoms with Crippen LogP contribution in [0.25, 0.3) is 0 Å². The smallest absolute Gasteiger partial charge is 0.421 e. The van der Waals surface area contributed by atoms with Gasteiger partial charge in [0.2, 0.25) is 5.95 Å². The first-order valence-electron chi connectivity index (χ1n) is 11.6. The van der Waals surface area contributed by atoms with E-state index in [1.807, 2.05) is 24.3 Å². The molecular weight excluding hydrogens is 441 g/mol. The molecule has 1 aromatic heterocycles. The van der Waals surface area contributed by atoms with Gasteiger partial charge in [-0.25, -0.2) is 4.98 Å². The van der Waals surface area contributed by atoms with Gasteiger partial charge in [-0.3, -0.25) is 0 Å². The maximum Gasteiger partial charge on any atom is 0.421 e. The molecule has 1 saturated carbocycles. The van der Waals surface area contributed by atoms with E-state index in [0.29, 0.717) is 23.0 Å². The molecule has 0 unspecified atom stereocenters. The zero-order valence-electron chi connectivity index (χ0n) is 19.3. The molecule has 1 aliphatic carbocycles. The number of aromatic nitrogens is 2. The Morgan fingerprint density at radius 3 is 2.12 bits per heavy atom. The van der Waals surface area contributed by atoms with Crippen LogP contribution in [0.15, 0.2) is 54.7 Å². The Morgan fingerprint density at radius 2 is 1.50 bits per heavy atom. The van der Waals surface area contributed by atoms with E-state index in [0.717, 1.165) is 37.4 Å². The van der Waals surface area contributed by atoms with Crippen LogP contribution in [-0.4, -0.2) is 16.1 Å². The number of anilines is 4. The van der Waals surface area contributed by atoms with Crippen LogP contribution in [0.5, 0.6) is 5.75 Å². The predicted octanol–water partition coefficient (Wildman–Crippen LogP) is 7.82. The Kier molecular flexibility index (Phi) is 7.24. The minimum absolute atomic E-state index is 0.0741. The summed E-state index contributed by atoms with van der Waals surface area (Å²) in [6, 6.07) is 14.6. The van der Waals surface area contributed by atoms with Crippen LogP contribution in [0.3, 0.4) is 0 Å². The topological polar surface area (TPSA) is 59.1 Å². The second kappa shape index (κ2) is 10.3. The third kappa shape index (κ3) is 6.18. The van der Waals surface area contributed by atoms with Gasteiger partial charge in [0.15, 0.2) is 0 Å². The van der Waals surface area contributed by atoms with Crippen LogP contribution in [0.4, 0.5) is 36.3 Å². The highest BCUT2D eigenvalue weighted by molar-refractivity contribution is 5.63. The number of halogens is 3. The van der Waals surface area contributed by atoms with Crippen LogP contribution in [-0.2, 0) is 6.18 Å². The van der Waals surface area contributed by atoms with E-state index >= 15 is 0 Å². The van der Waals surface area contributed by atoms with E-state index in [4.69, 9.17) is 4.74 Å². The summed E-state index contributed by atoms with van der Waals surface area (Å²) in [6.07, 6.45) is 2.04. The predicted molar refractivity (Wildman–Crippen MR) is 128 cm³/mol. The van der Waals surface area contributed by atoms with Gasteiger partial charge in [0.1, 0.15) is 17.1 Å². The number of hydrogen-bond acceptors (Lipinski definition) is 5. The Labute approximate surface area is 197 Å². The van der Waals surface area contributed by atoms with Crippen molar-refractivity contribution in [1.29, 1.82) is 0 Å². The lowest BCUT2D eigenvalue weighted by Gasteiger charge is -2.23. The molecule has 1 aliphatic rings. The molecule has 0 spiro atoms. The molecule has 8 heteroatoms. The molecule has 0 bridgehead atoms. The molecule has 180 valence electrons. The Bertz CT molecular complexity index is 1080. The first-order chi connectivity index (χ1) is 16.3. The second-order valence-electron chi connectivity index (χ2n) is 8.88. The lowest BCUT2D eigenvalue weighted by molar-refractivity contribution is -0.137. The van der Waals surface area contributed by atoms with E-state index in [1.54, 1.807) is 24.3 Å². The van der Waals surface area contributed by atoms with E-state index in [1.165, 1.54) is 6.42 Å². The molecule has 4 rings (SSSR count). The second-order valence-corrected chi connectivity index (χ2v) is 8.88. The van der Waals surface area contributed by atoms with E-state index < -0.39 is 11.7 Å². The molecule has 0 aliphatic heterocycles. The van der Waals surface area contributed by atoms with Crippen LogP contribution < -0.4 is 15.4 Å². The number of benzene rings is 2. The number of alkyl halides is 3. The number of ether oxygens (including phenoxy) is 1. The van der Waals surface area contributed by atoms with Crippen molar-refractivity contribution in [3.05, 3.63) is 65.9 Å². The Hall–Kier alpha value is -3.29. The fourth-order valence-electron chi connectivity index (χ4n) is 3.95. The van der Waals surface area contributed by atoms with Gasteiger partial charge in [-0.2, -0.15) is 18.2 Å². The average molecular weight is 471 g/mol. The fourth-order valence-corrected chi connectivity index (χ4v) is 3.95. The van der Waals surface area contributed by atoms with Gasteiger partial charge < -0.3 is 15.4 Å². The highest BCUT2D eigenvalue weighted by atomic mass is 19.4. The molecule has 0 amide bonds. The van der Waals surface area contributed by atoms with Gasteiger partial charge in [-0.15, -0.1) is 0 Å². The van der Waals surface area contributed by atoms with Crippen LogP contribution in [0, 0.1) is 0 Å². The normalized spacial score (nSPS) is 14.8. The lowest BCUT2D eigenvalue weighted by Crippen LogP contribution is -2.19. The summed E-state index contributed by atoms with van der Waals surface area (Å²) in [4.78, 5) is 8.00. The summed E-state index contributed by atoms with van der Waals surface area (Å²) < 4.78 is 46.8. The standard InChI is InChI=1S/C26H29F3N4O/c1-17(2)18-8-10-20(11-9-18)32-25-30-16-23(26(27,28)29)24(33-25)31-19-12-14-22(15-13-19)34-21-6-4-3-5-7-21/h8-17,21H,3-7H2,1-2H3,(H2,30,31,32,33). The number of nitrogens with one attached hydrogen (secondary N) is 2. The summed E-state index contributed by atoms with van der Waals surface area (Å²) in [6.45, 7) is 4.18. The maximum absolute atomic E-state index is 13.6. The zero-order valence-corrected chi connectivity index (χ0v) is 19.3. The third-order valence-corrected chi connectivity index (χ3v) is 5.90. The van der Waals surface area contributed by atoms with Crippen molar-refractivity contribution in [2.75, 3.05) is 10.6 Å². The molecule has 34 heavy (non-hydrogen) atoms. The largest absolute Gasteiger partial charge is 0.490 e. The van der Waals surface area contributed by atoms with Crippen LogP contribution >= 0.6 is 0 Å². The number of rotatable bonds is 7. The summed E-state index contributed by atoms with van der Waals surface area (Å²) >= 11 is 0. The van der Waals surface area contributed by atoms with Gasteiger partial charge in [-0.05, 0) is 73.6 Å².